The summed E-state index contributed by atoms with van der Waals surface area (Å²) in [5.74, 6) is -2.90. The number of carboxylic acid groups (broad SMARTS) is 1. The number of carboxylic acids is 1. The number of para-hydroxylation sites is 1. The number of nitrogens with two attached hydrogens (primary N) is 1. The van der Waals surface area contributed by atoms with Crippen molar-refractivity contribution in [1.29, 1.82) is 0 Å². The van der Waals surface area contributed by atoms with E-state index in [0.717, 1.165) is 0 Å². The maximum Gasteiger partial charge on any atom is 0.547 e. The zero-order valence-electron chi connectivity index (χ0n) is 15.4. The number of hydrogen-bond donors (Lipinski definition) is 5. The number of hydrogen-bond acceptors (Lipinski definition) is 6. The Hall–Kier alpha value is -3.37. The third-order valence-corrected chi connectivity index (χ3v) is 4.51. The lowest BCUT2D eigenvalue weighted by Crippen LogP contribution is -2.53. The van der Waals surface area contributed by atoms with Gasteiger partial charge in [-0.1, -0.05) is 24.3 Å². The highest BCUT2D eigenvalue weighted by molar-refractivity contribution is 6.47. The minimum absolute atomic E-state index is 0.0618. The van der Waals surface area contributed by atoms with Gasteiger partial charge in [-0.3, -0.25) is 9.59 Å². The van der Waals surface area contributed by atoms with Crippen molar-refractivity contribution in [2.45, 2.75) is 12.4 Å². The first-order chi connectivity index (χ1) is 13.9. The van der Waals surface area contributed by atoms with Crippen molar-refractivity contribution in [2.75, 3.05) is 13.1 Å². The third kappa shape index (κ3) is 4.39. The van der Waals surface area contributed by atoms with Crippen LogP contribution in [0, 0.1) is 0 Å². The number of benzene rings is 2. The molecule has 0 radical (unpaired) electrons. The highest BCUT2D eigenvalue weighted by Gasteiger charge is 2.38. The van der Waals surface area contributed by atoms with Crippen LogP contribution >= 0.6 is 0 Å². The van der Waals surface area contributed by atoms with E-state index in [1.54, 1.807) is 24.3 Å². The number of fused-ring (bicyclic) bond motifs is 1. The molecule has 0 bridgehead atoms. The van der Waals surface area contributed by atoms with Gasteiger partial charge < -0.3 is 31.2 Å². The van der Waals surface area contributed by atoms with Gasteiger partial charge in [0, 0.05) is 13.1 Å². The molecule has 10 heteroatoms. The Morgan fingerprint density at radius 2 is 1.72 bits per heavy atom. The molecule has 29 heavy (non-hydrogen) atoms. The summed E-state index contributed by atoms with van der Waals surface area (Å²) < 4.78 is 5.37. The number of aromatic carboxylic acids is 1. The number of amides is 2. The summed E-state index contributed by atoms with van der Waals surface area (Å²) in [7, 11) is -1.44. The fourth-order valence-electron chi connectivity index (χ4n) is 3.12. The van der Waals surface area contributed by atoms with Crippen molar-refractivity contribution in [2.24, 2.45) is 5.73 Å². The van der Waals surface area contributed by atoms with Gasteiger partial charge in [0.05, 0.1) is 22.6 Å². The summed E-state index contributed by atoms with van der Waals surface area (Å²) in [5.41, 5.74) is 6.19. The third-order valence-electron chi connectivity index (χ3n) is 4.51. The van der Waals surface area contributed by atoms with Gasteiger partial charge in [-0.2, -0.15) is 0 Å². The number of nitrogens with one attached hydrogen (secondary N) is 2. The van der Waals surface area contributed by atoms with E-state index in [4.69, 9.17) is 10.4 Å². The van der Waals surface area contributed by atoms with Crippen molar-refractivity contribution in [3.8, 4) is 5.75 Å². The van der Waals surface area contributed by atoms with E-state index in [9.17, 15) is 24.5 Å². The van der Waals surface area contributed by atoms with Gasteiger partial charge in [0.2, 0.25) is 0 Å². The molecule has 0 aliphatic carbocycles. The normalized spacial score (nSPS) is 15.1. The largest absolute Gasteiger partial charge is 0.547 e. The van der Waals surface area contributed by atoms with Crippen molar-refractivity contribution in [1.82, 2.24) is 10.6 Å². The summed E-state index contributed by atoms with van der Waals surface area (Å²) >= 11 is 0. The summed E-state index contributed by atoms with van der Waals surface area (Å²) in [4.78, 5) is 36.4. The van der Waals surface area contributed by atoms with Crippen LogP contribution < -0.4 is 21.0 Å². The molecule has 0 fully saturated rings. The Labute approximate surface area is 167 Å². The number of rotatable bonds is 6. The molecule has 9 nitrogen and oxygen atoms in total. The molecule has 0 unspecified atom stereocenters. The molecule has 0 aromatic heterocycles. The van der Waals surface area contributed by atoms with Crippen LogP contribution in [0.4, 0.5) is 0 Å². The van der Waals surface area contributed by atoms with Crippen molar-refractivity contribution < 1.29 is 29.2 Å². The molecule has 150 valence electrons. The monoisotopic (exact) mass is 397 g/mol. The Morgan fingerprint density at radius 3 is 2.38 bits per heavy atom. The summed E-state index contributed by atoms with van der Waals surface area (Å²) in [6, 6.07) is 10.9. The van der Waals surface area contributed by atoms with Crippen LogP contribution in [0.3, 0.4) is 0 Å². The van der Waals surface area contributed by atoms with Crippen LogP contribution in [0.1, 0.15) is 36.6 Å². The molecule has 1 aliphatic heterocycles. The van der Waals surface area contributed by atoms with Gasteiger partial charge >= 0.3 is 13.1 Å². The van der Waals surface area contributed by atoms with E-state index < -0.39 is 30.8 Å². The second-order valence-corrected chi connectivity index (χ2v) is 6.48. The predicted octanol–water partition coefficient (Wildman–Crippen LogP) is -0.173. The van der Waals surface area contributed by atoms with Crippen LogP contribution in [0.15, 0.2) is 42.5 Å². The second-order valence-electron chi connectivity index (χ2n) is 6.48. The van der Waals surface area contributed by atoms with Crippen LogP contribution in [-0.2, 0) is 6.42 Å². The molecule has 3 rings (SSSR count). The molecule has 0 saturated carbocycles. The lowest BCUT2D eigenvalue weighted by atomic mass is 9.72. The molecule has 2 amide bonds. The average Bonchev–Trinajstić information content (AvgIpc) is 2.71. The maximum atomic E-state index is 12.8. The van der Waals surface area contributed by atoms with Crippen LogP contribution in [-0.4, -0.2) is 54.1 Å². The summed E-state index contributed by atoms with van der Waals surface area (Å²) in [5, 5.41) is 24.8. The predicted molar refractivity (Wildman–Crippen MR) is 105 cm³/mol. The molecule has 0 spiro atoms. The lowest BCUT2D eigenvalue weighted by molar-refractivity contribution is 0.0693. The SMILES string of the molecule is NCCNC(=O)c1ccccc1C(=O)N[C@H]1Cc2cccc(C(=O)O)c2OB1O. The summed E-state index contributed by atoms with van der Waals surface area (Å²) in [6.45, 7) is 0.538. The lowest BCUT2D eigenvalue weighted by Gasteiger charge is -2.29. The molecule has 1 aliphatic rings. The minimum Gasteiger partial charge on any atom is -0.534 e. The summed E-state index contributed by atoms with van der Waals surface area (Å²) in [6.07, 6.45) is 0.172. The Bertz CT molecular complexity index is 951. The fourth-order valence-corrected chi connectivity index (χ4v) is 3.12. The zero-order valence-corrected chi connectivity index (χ0v) is 15.4. The second kappa shape index (κ2) is 8.76. The Morgan fingerprint density at radius 1 is 1.07 bits per heavy atom. The first kappa shape index (κ1) is 20.4. The topological polar surface area (TPSA) is 151 Å². The molecule has 6 N–H and O–H groups in total. The van der Waals surface area contributed by atoms with Crippen molar-refractivity contribution in [3.05, 3.63) is 64.7 Å². The van der Waals surface area contributed by atoms with E-state index >= 15 is 0 Å². The molecule has 1 atom stereocenters. The molecule has 0 saturated heterocycles. The van der Waals surface area contributed by atoms with E-state index in [1.165, 1.54) is 18.2 Å². The van der Waals surface area contributed by atoms with E-state index in [0.29, 0.717) is 5.56 Å². The molecule has 2 aromatic carbocycles. The van der Waals surface area contributed by atoms with Crippen LogP contribution in [0.2, 0.25) is 0 Å². The van der Waals surface area contributed by atoms with Gasteiger partial charge in [0.25, 0.3) is 11.8 Å². The Kier molecular flexibility index (Phi) is 6.15. The van der Waals surface area contributed by atoms with Crippen molar-refractivity contribution in [3.63, 3.8) is 0 Å². The quantitative estimate of drug-likeness (QED) is 0.425. The fraction of sp³-hybridized carbons (Fsp3) is 0.211. The molecule has 1 heterocycles. The van der Waals surface area contributed by atoms with Gasteiger partial charge in [0.1, 0.15) is 5.75 Å². The average molecular weight is 397 g/mol. The van der Waals surface area contributed by atoms with Crippen molar-refractivity contribution >= 4 is 24.9 Å². The Balaban J connectivity index is 1.79. The molecule has 2 aromatic rings. The highest BCUT2D eigenvalue weighted by Crippen LogP contribution is 2.30. The standard InChI is InChI=1S/C19H20BN3O6/c21-8-9-22-17(24)12-5-1-2-6-13(12)18(25)23-15-10-11-4-3-7-14(19(26)27)16(11)29-20(15)28/h1-7,15,28H,8-10,21H2,(H,22,24)(H,23,25)(H,26,27)/t15-/m0/s1. The highest BCUT2D eigenvalue weighted by atomic mass is 16.5. The van der Waals surface area contributed by atoms with Crippen LogP contribution in [0.25, 0.3) is 0 Å². The van der Waals surface area contributed by atoms with Crippen LogP contribution in [0.5, 0.6) is 5.75 Å². The maximum absolute atomic E-state index is 12.8. The number of carbonyl (C=O) groups is 3. The minimum atomic E-state index is -1.44. The van der Waals surface area contributed by atoms with Gasteiger partial charge in [-0.25, -0.2) is 4.79 Å². The van der Waals surface area contributed by atoms with Gasteiger partial charge in [0.15, 0.2) is 0 Å². The van der Waals surface area contributed by atoms with E-state index in [1.807, 2.05) is 0 Å². The van der Waals surface area contributed by atoms with Gasteiger partial charge in [-0.05, 0) is 30.2 Å². The first-order valence-corrected chi connectivity index (χ1v) is 9.00. The first-order valence-electron chi connectivity index (χ1n) is 9.00. The zero-order chi connectivity index (χ0) is 21.0. The molecular formula is C19H20BN3O6. The van der Waals surface area contributed by atoms with E-state index in [-0.39, 0.29) is 42.0 Å². The molecular weight excluding hydrogens is 377 g/mol. The van der Waals surface area contributed by atoms with Gasteiger partial charge in [-0.15, -0.1) is 0 Å². The van der Waals surface area contributed by atoms with E-state index in [2.05, 4.69) is 10.6 Å². The number of carbonyl (C=O) groups excluding carboxylic acids is 2. The smallest absolute Gasteiger partial charge is 0.534 e.